The average molecular weight is 206 g/mol. The third-order valence-corrected chi connectivity index (χ3v) is 1.90. The SMILES string of the molecule is C#CCC(N)C(=O)Nc1cnn(CC)c1. The summed E-state index contributed by atoms with van der Waals surface area (Å²) in [5.74, 6) is 2.06. The first kappa shape index (κ1) is 11.3. The van der Waals surface area contributed by atoms with Gasteiger partial charge in [0, 0.05) is 19.2 Å². The van der Waals surface area contributed by atoms with Crippen molar-refractivity contribution in [2.75, 3.05) is 5.32 Å². The Labute approximate surface area is 88.6 Å². The van der Waals surface area contributed by atoms with Crippen molar-refractivity contribution in [2.24, 2.45) is 5.73 Å². The molecule has 0 radical (unpaired) electrons. The summed E-state index contributed by atoms with van der Waals surface area (Å²) >= 11 is 0. The fourth-order valence-electron chi connectivity index (χ4n) is 1.06. The Hall–Kier alpha value is -1.80. The Morgan fingerprint density at radius 2 is 2.60 bits per heavy atom. The first-order valence-corrected chi connectivity index (χ1v) is 4.69. The van der Waals surface area contributed by atoms with Gasteiger partial charge in [0.15, 0.2) is 0 Å². The molecule has 3 N–H and O–H groups in total. The monoisotopic (exact) mass is 206 g/mol. The molecule has 0 aliphatic rings. The molecule has 80 valence electrons. The van der Waals surface area contributed by atoms with Gasteiger partial charge in [0.2, 0.25) is 5.91 Å². The van der Waals surface area contributed by atoms with Crippen LogP contribution in [0.3, 0.4) is 0 Å². The summed E-state index contributed by atoms with van der Waals surface area (Å²) in [4.78, 5) is 11.4. The van der Waals surface area contributed by atoms with Crippen LogP contribution in [0, 0.1) is 12.3 Å². The molecule has 1 amide bonds. The zero-order chi connectivity index (χ0) is 11.3. The molecule has 1 heterocycles. The molecule has 1 atom stereocenters. The van der Waals surface area contributed by atoms with E-state index in [0.717, 1.165) is 6.54 Å². The van der Waals surface area contributed by atoms with Gasteiger partial charge in [0.05, 0.1) is 17.9 Å². The number of hydrogen-bond acceptors (Lipinski definition) is 3. The van der Waals surface area contributed by atoms with E-state index < -0.39 is 6.04 Å². The summed E-state index contributed by atoms with van der Waals surface area (Å²) in [6.45, 7) is 2.72. The van der Waals surface area contributed by atoms with Crippen molar-refractivity contribution in [2.45, 2.75) is 25.9 Å². The molecule has 0 aliphatic heterocycles. The highest BCUT2D eigenvalue weighted by Gasteiger charge is 2.12. The predicted molar refractivity (Wildman–Crippen MR) is 58.0 cm³/mol. The highest BCUT2D eigenvalue weighted by atomic mass is 16.2. The fourth-order valence-corrected chi connectivity index (χ4v) is 1.06. The van der Waals surface area contributed by atoms with E-state index in [1.54, 1.807) is 17.1 Å². The second-order valence-electron chi connectivity index (χ2n) is 3.09. The Morgan fingerprint density at radius 1 is 1.87 bits per heavy atom. The van der Waals surface area contributed by atoms with Crippen LogP contribution >= 0.6 is 0 Å². The predicted octanol–water partition coefficient (Wildman–Crippen LogP) is 0.192. The molecule has 0 aliphatic carbocycles. The summed E-state index contributed by atoms with van der Waals surface area (Å²) in [5.41, 5.74) is 6.17. The van der Waals surface area contributed by atoms with Crippen LogP contribution in [0.25, 0.3) is 0 Å². The first-order valence-electron chi connectivity index (χ1n) is 4.69. The number of terminal acetylenes is 1. The van der Waals surface area contributed by atoms with E-state index >= 15 is 0 Å². The number of amides is 1. The van der Waals surface area contributed by atoms with Crippen molar-refractivity contribution in [3.05, 3.63) is 12.4 Å². The molecule has 0 aromatic carbocycles. The van der Waals surface area contributed by atoms with Crippen LogP contribution in [0.1, 0.15) is 13.3 Å². The smallest absolute Gasteiger partial charge is 0.242 e. The van der Waals surface area contributed by atoms with Gasteiger partial charge in [-0.2, -0.15) is 5.10 Å². The molecule has 1 aromatic rings. The fraction of sp³-hybridized carbons (Fsp3) is 0.400. The quantitative estimate of drug-likeness (QED) is 0.691. The summed E-state index contributed by atoms with van der Waals surface area (Å²) < 4.78 is 1.71. The van der Waals surface area contributed by atoms with Crippen molar-refractivity contribution in [1.29, 1.82) is 0 Å². The molecule has 1 unspecified atom stereocenters. The minimum absolute atomic E-state index is 0.230. The number of nitrogens with two attached hydrogens (primary N) is 1. The second kappa shape index (κ2) is 5.17. The van der Waals surface area contributed by atoms with Gasteiger partial charge in [-0.25, -0.2) is 0 Å². The highest BCUT2D eigenvalue weighted by molar-refractivity contribution is 5.94. The van der Waals surface area contributed by atoms with Gasteiger partial charge >= 0.3 is 0 Å². The Bertz CT molecular complexity index is 377. The first-order chi connectivity index (χ1) is 7.17. The van der Waals surface area contributed by atoms with Crippen molar-refractivity contribution >= 4 is 11.6 Å². The molecule has 15 heavy (non-hydrogen) atoms. The molecule has 0 saturated heterocycles. The van der Waals surface area contributed by atoms with E-state index in [-0.39, 0.29) is 12.3 Å². The van der Waals surface area contributed by atoms with E-state index in [4.69, 9.17) is 12.2 Å². The van der Waals surface area contributed by atoms with Gasteiger partial charge in [-0.05, 0) is 6.92 Å². The van der Waals surface area contributed by atoms with E-state index in [2.05, 4.69) is 16.3 Å². The van der Waals surface area contributed by atoms with Crippen molar-refractivity contribution < 1.29 is 4.79 Å². The van der Waals surface area contributed by atoms with Gasteiger partial charge in [0.25, 0.3) is 0 Å². The van der Waals surface area contributed by atoms with Gasteiger partial charge in [-0.15, -0.1) is 12.3 Å². The standard InChI is InChI=1S/C10H14N4O/c1-3-5-9(11)10(15)13-8-6-12-14(4-2)7-8/h1,6-7,9H,4-5,11H2,2H3,(H,13,15). The third kappa shape index (κ3) is 3.11. The maximum Gasteiger partial charge on any atom is 0.242 e. The topological polar surface area (TPSA) is 72.9 Å². The molecule has 0 fully saturated rings. The molecule has 5 heteroatoms. The van der Waals surface area contributed by atoms with Crippen LogP contribution in [-0.2, 0) is 11.3 Å². The molecule has 0 bridgehead atoms. The normalized spacial score (nSPS) is 11.8. The summed E-state index contributed by atoms with van der Waals surface area (Å²) in [6.07, 6.45) is 8.60. The summed E-state index contributed by atoms with van der Waals surface area (Å²) in [7, 11) is 0. The van der Waals surface area contributed by atoms with Crippen LogP contribution in [0.2, 0.25) is 0 Å². The maximum absolute atomic E-state index is 11.4. The summed E-state index contributed by atoms with van der Waals surface area (Å²) in [6, 6.07) is -0.667. The number of rotatable bonds is 4. The Morgan fingerprint density at radius 3 is 3.13 bits per heavy atom. The van der Waals surface area contributed by atoms with Crippen LogP contribution in [0.5, 0.6) is 0 Å². The Balaban J connectivity index is 2.55. The van der Waals surface area contributed by atoms with Crippen molar-refractivity contribution in [1.82, 2.24) is 9.78 Å². The van der Waals surface area contributed by atoms with Gasteiger partial charge in [-0.3, -0.25) is 9.48 Å². The zero-order valence-corrected chi connectivity index (χ0v) is 8.60. The maximum atomic E-state index is 11.4. The van der Waals surface area contributed by atoms with E-state index in [1.165, 1.54) is 0 Å². The van der Waals surface area contributed by atoms with E-state index in [0.29, 0.717) is 5.69 Å². The van der Waals surface area contributed by atoms with Crippen LogP contribution in [0.4, 0.5) is 5.69 Å². The summed E-state index contributed by atoms with van der Waals surface area (Å²) in [5, 5.41) is 6.65. The molecular weight excluding hydrogens is 192 g/mol. The number of carbonyl (C=O) groups is 1. The molecule has 1 rings (SSSR count). The molecular formula is C10H14N4O. The number of aryl methyl sites for hydroxylation is 1. The van der Waals surface area contributed by atoms with E-state index in [1.807, 2.05) is 6.92 Å². The van der Waals surface area contributed by atoms with Crippen molar-refractivity contribution in [3.8, 4) is 12.3 Å². The van der Waals surface area contributed by atoms with Crippen LogP contribution in [0.15, 0.2) is 12.4 Å². The molecule has 0 saturated carbocycles. The lowest BCUT2D eigenvalue weighted by atomic mass is 10.2. The van der Waals surface area contributed by atoms with Crippen LogP contribution in [-0.4, -0.2) is 21.7 Å². The number of anilines is 1. The molecule has 1 aromatic heterocycles. The second-order valence-corrected chi connectivity index (χ2v) is 3.09. The highest BCUT2D eigenvalue weighted by Crippen LogP contribution is 2.05. The third-order valence-electron chi connectivity index (χ3n) is 1.90. The number of carbonyl (C=O) groups excluding carboxylic acids is 1. The number of aromatic nitrogens is 2. The zero-order valence-electron chi connectivity index (χ0n) is 8.60. The lowest BCUT2D eigenvalue weighted by Crippen LogP contribution is -2.35. The number of nitrogens with zero attached hydrogens (tertiary/aromatic N) is 2. The van der Waals surface area contributed by atoms with Gasteiger partial charge in [-0.1, -0.05) is 0 Å². The average Bonchev–Trinajstić information content (AvgIpc) is 2.66. The minimum Gasteiger partial charge on any atom is -0.322 e. The number of hydrogen-bond donors (Lipinski definition) is 2. The Kier molecular flexibility index (Phi) is 3.89. The lowest BCUT2D eigenvalue weighted by Gasteiger charge is -2.07. The number of nitrogens with one attached hydrogen (secondary N) is 1. The lowest BCUT2D eigenvalue weighted by molar-refractivity contribution is -0.117. The van der Waals surface area contributed by atoms with Crippen molar-refractivity contribution in [3.63, 3.8) is 0 Å². The van der Waals surface area contributed by atoms with E-state index in [9.17, 15) is 4.79 Å². The largest absolute Gasteiger partial charge is 0.322 e. The van der Waals surface area contributed by atoms with Crippen LogP contribution < -0.4 is 11.1 Å². The van der Waals surface area contributed by atoms with Gasteiger partial charge < -0.3 is 11.1 Å². The molecule has 5 nitrogen and oxygen atoms in total. The molecule has 0 spiro atoms. The van der Waals surface area contributed by atoms with Gasteiger partial charge in [0.1, 0.15) is 0 Å². The minimum atomic E-state index is -0.667.